The van der Waals surface area contributed by atoms with Crippen LogP contribution in [0.25, 0.3) is 0 Å². The lowest BCUT2D eigenvalue weighted by molar-refractivity contribution is -0.481. The molecule has 0 radical (unpaired) electrons. The Balaban J connectivity index is 0.000000360. The van der Waals surface area contributed by atoms with Gasteiger partial charge in [-0.15, -0.1) is 0 Å². The van der Waals surface area contributed by atoms with Gasteiger partial charge in [-0.05, 0) is 0 Å². The minimum Gasteiger partial charge on any atom is -1.00 e. The first-order valence-electron chi connectivity index (χ1n) is 2.05. The lowest BCUT2D eigenvalue weighted by Crippen LogP contribution is -3.00. The van der Waals surface area contributed by atoms with Crippen LogP contribution in [-0.2, 0) is 0 Å². The molecule has 3 heteroatoms. The van der Waals surface area contributed by atoms with Gasteiger partial charge in [-0.2, -0.15) is 0 Å². The first kappa shape index (κ1) is 7.50. The Kier molecular flexibility index (Phi) is 3.75. The van der Waals surface area contributed by atoms with Crippen molar-refractivity contribution < 1.29 is 21.6 Å². The van der Waals surface area contributed by atoms with E-state index in [1.807, 2.05) is 11.8 Å². The smallest absolute Gasteiger partial charge is 0.198 e. The molecule has 0 fully saturated rings. The summed E-state index contributed by atoms with van der Waals surface area (Å²) < 4.78 is 2.20. The van der Waals surface area contributed by atoms with Crippen LogP contribution in [0.5, 0.6) is 0 Å². The van der Waals surface area contributed by atoms with Crippen LogP contribution in [0.4, 0.5) is 0 Å². The minimum atomic E-state index is 0. The molecule has 0 saturated carbocycles. The summed E-state index contributed by atoms with van der Waals surface area (Å²) in [6, 6.07) is 0. The van der Waals surface area contributed by atoms with Gasteiger partial charge in [0.15, 0.2) is 12.1 Å². The van der Waals surface area contributed by atoms with Crippen LogP contribution in [0.2, 0.25) is 0 Å². The van der Waals surface area contributed by atoms with Crippen molar-refractivity contribution in [1.82, 2.24) is 0 Å². The molecule has 0 aromatic heterocycles. The lowest BCUT2D eigenvalue weighted by atomic mass is 10.7. The summed E-state index contributed by atoms with van der Waals surface area (Å²) in [5.41, 5.74) is 2.15. The highest BCUT2D eigenvalue weighted by atomic mass is 79.9. The maximum absolute atomic E-state index is 2.20. The van der Waals surface area contributed by atoms with Crippen LogP contribution in [0, 0.1) is 0 Å². The Hall–Kier alpha value is 0.500. The standard InChI is InChI=1S/C4H8NS.BrH/c1-5-2-3-6-4-5;/h4H,2-3H2,1H3;1H/q+1;/p-1. The average molecular weight is 182 g/mol. The van der Waals surface area contributed by atoms with Crippen LogP contribution in [0.1, 0.15) is 0 Å². The van der Waals surface area contributed by atoms with E-state index in [0.29, 0.717) is 0 Å². The summed E-state index contributed by atoms with van der Waals surface area (Å²) in [6.07, 6.45) is 0. The molecule has 0 spiro atoms. The van der Waals surface area contributed by atoms with E-state index in [4.69, 9.17) is 0 Å². The highest BCUT2D eigenvalue weighted by Crippen LogP contribution is 1.98. The Labute approximate surface area is 58.6 Å². The second-order valence-corrected chi connectivity index (χ2v) is 2.41. The quantitative estimate of drug-likeness (QED) is 0.371. The minimum absolute atomic E-state index is 0. The molecular weight excluding hydrogens is 174 g/mol. The van der Waals surface area contributed by atoms with E-state index in [0.717, 1.165) is 0 Å². The summed E-state index contributed by atoms with van der Waals surface area (Å²) in [5.74, 6) is 1.27. The van der Waals surface area contributed by atoms with Gasteiger partial charge in [-0.1, -0.05) is 11.8 Å². The molecule has 0 aromatic carbocycles. The van der Waals surface area contributed by atoms with Gasteiger partial charge < -0.3 is 17.0 Å². The van der Waals surface area contributed by atoms with Crippen LogP contribution < -0.4 is 17.0 Å². The SMILES string of the molecule is C[N+]1=CSCC1.[Br-]. The Morgan fingerprint density at radius 2 is 2.43 bits per heavy atom. The third-order valence-corrected chi connectivity index (χ3v) is 1.74. The number of rotatable bonds is 0. The topological polar surface area (TPSA) is 3.01 Å². The molecule has 7 heavy (non-hydrogen) atoms. The molecular formula is C4H8BrNS. The van der Waals surface area contributed by atoms with Gasteiger partial charge in [0.2, 0.25) is 0 Å². The fourth-order valence-corrected chi connectivity index (χ4v) is 1.29. The predicted octanol–water partition coefficient (Wildman–Crippen LogP) is -2.59. The Morgan fingerprint density at radius 3 is 2.57 bits per heavy atom. The first-order chi connectivity index (χ1) is 2.89. The van der Waals surface area contributed by atoms with Crippen molar-refractivity contribution in [3.8, 4) is 0 Å². The normalized spacial score (nSPS) is 18.1. The molecule has 1 nitrogen and oxygen atoms in total. The molecule has 0 amide bonds. The van der Waals surface area contributed by atoms with E-state index in [2.05, 4.69) is 17.2 Å². The third kappa shape index (κ3) is 2.34. The van der Waals surface area contributed by atoms with Crippen LogP contribution in [-0.4, -0.2) is 29.5 Å². The molecule has 0 saturated heterocycles. The van der Waals surface area contributed by atoms with E-state index in [-0.39, 0.29) is 17.0 Å². The molecule has 42 valence electrons. The monoisotopic (exact) mass is 181 g/mol. The first-order valence-corrected chi connectivity index (χ1v) is 3.09. The van der Waals surface area contributed by atoms with Crippen molar-refractivity contribution in [1.29, 1.82) is 0 Å². The largest absolute Gasteiger partial charge is 1.00 e. The van der Waals surface area contributed by atoms with Crippen molar-refractivity contribution in [3.05, 3.63) is 0 Å². The molecule has 0 bridgehead atoms. The number of halogens is 1. The molecule has 0 aromatic rings. The van der Waals surface area contributed by atoms with Crippen molar-refractivity contribution in [2.45, 2.75) is 0 Å². The maximum atomic E-state index is 2.20. The maximum Gasteiger partial charge on any atom is 0.198 e. The Bertz CT molecular complexity index is 81.8. The number of hydrogen-bond donors (Lipinski definition) is 0. The van der Waals surface area contributed by atoms with Crippen LogP contribution in [0.3, 0.4) is 0 Å². The highest BCUT2D eigenvalue weighted by Gasteiger charge is 2.02. The van der Waals surface area contributed by atoms with Gasteiger partial charge in [0, 0.05) is 0 Å². The van der Waals surface area contributed by atoms with E-state index in [1.54, 1.807) is 0 Å². The summed E-state index contributed by atoms with van der Waals surface area (Å²) in [4.78, 5) is 0. The van der Waals surface area contributed by atoms with Gasteiger partial charge in [-0.3, -0.25) is 0 Å². The van der Waals surface area contributed by atoms with E-state index in [9.17, 15) is 0 Å². The fourth-order valence-electron chi connectivity index (χ4n) is 0.429. The van der Waals surface area contributed by atoms with Gasteiger partial charge in [0.1, 0.15) is 7.05 Å². The van der Waals surface area contributed by atoms with Crippen LogP contribution in [0.15, 0.2) is 0 Å². The highest BCUT2D eigenvalue weighted by molar-refractivity contribution is 8.12. The molecule has 0 N–H and O–H groups in total. The second-order valence-electron chi connectivity index (χ2n) is 1.46. The van der Waals surface area contributed by atoms with Gasteiger partial charge in [0.25, 0.3) is 0 Å². The van der Waals surface area contributed by atoms with Crippen molar-refractivity contribution >= 4 is 17.3 Å². The summed E-state index contributed by atoms with van der Waals surface area (Å²) in [5, 5.41) is 0. The molecule has 1 aliphatic rings. The van der Waals surface area contributed by atoms with Crippen molar-refractivity contribution in [2.24, 2.45) is 0 Å². The van der Waals surface area contributed by atoms with Gasteiger partial charge in [-0.25, -0.2) is 4.58 Å². The zero-order valence-corrected chi connectivity index (χ0v) is 6.63. The van der Waals surface area contributed by atoms with E-state index < -0.39 is 0 Å². The average Bonchev–Trinajstić information content (AvgIpc) is 1.86. The van der Waals surface area contributed by atoms with Gasteiger partial charge >= 0.3 is 0 Å². The molecule has 1 rings (SSSR count). The summed E-state index contributed by atoms with van der Waals surface area (Å²) >= 11 is 1.88. The zero-order chi connectivity index (χ0) is 4.41. The zero-order valence-electron chi connectivity index (χ0n) is 4.22. The van der Waals surface area contributed by atoms with Crippen LogP contribution >= 0.6 is 11.8 Å². The van der Waals surface area contributed by atoms with E-state index >= 15 is 0 Å². The molecule has 1 aliphatic heterocycles. The second kappa shape index (κ2) is 3.50. The third-order valence-electron chi connectivity index (χ3n) is 0.816. The summed E-state index contributed by atoms with van der Waals surface area (Å²) in [6.45, 7) is 1.23. The van der Waals surface area contributed by atoms with Crippen molar-refractivity contribution in [3.63, 3.8) is 0 Å². The Morgan fingerprint density at radius 1 is 1.71 bits per heavy atom. The molecule has 0 unspecified atom stereocenters. The molecule has 1 heterocycles. The molecule has 0 aliphatic carbocycles. The number of hydrogen-bond acceptors (Lipinski definition) is 1. The fraction of sp³-hybridized carbons (Fsp3) is 0.750. The number of nitrogens with zero attached hydrogens (tertiary/aromatic N) is 1. The summed E-state index contributed by atoms with van der Waals surface area (Å²) in [7, 11) is 2.10. The lowest BCUT2D eigenvalue weighted by Gasteiger charge is -1.76. The molecule has 0 atom stereocenters. The van der Waals surface area contributed by atoms with E-state index in [1.165, 1.54) is 12.3 Å². The van der Waals surface area contributed by atoms with Crippen molar-refractivity contribution in [2.75, 3.05) is 19.3 Å². The predicted molar refractivity (Wildman–Crippen MR) is 29.6 cm³/mol. The van der Waals surface area contributed by atoms with Gasteiger partial charge in [0.05, 0.1) is 5.75 Å². The number of thioether (sulfide) groups is 1.